The van der Waals surface area contributed by atoms with E-state index >= 15 is 0 Å². The number of aliphatic hydroxyl groups excluding tert-OH is 1. The third kappa shape index (κ3) is 1.48. The second kappa shape index (κ2) is 3.24. The predicted molar refractivity (Wildman–Crippen MR) is 53.1 cm³/mol. The molecule has 76 valence electrons. The van der Waals surface area contributed by atoms with Crippen molar-refractivity contribution >= 4 is 0 Å². The lowest BCUT2D eigenvalue weighted by Gasteiger charge is -2.18. The third-order valence-corrected chi connectivity index (χ3v) is 2.98. The normalized spacial score (nSPS) is 20.2. The molecule has 0 saturated heterocycles. The molecule has 0 aromatic carbocycles. The minimum absolute atomic E-state index is 0.0155. The van der Waals surface area contributed by atoms with Crippen LogP contribution in [0, 0.1) is 5.41 Å². The zero-order valence-electron chi connectivity index (χ0n) is 8.53. The first-order valence-electron chi connectivity index (χ1n) is 4.84. The number of aromatic nitrogens is 1. The highest BCUT2D eigenvalue weighted by atomic mass is 16.5. The smallest absolute Gasteiger partial charge is 0.143 e. The van der Waals surface area contributed by atoms with E-state index in [-0.39, 0.29) is 5.41 Å². The Hall–Kier alpha value is -1.09. The van der Waals surface area contributed by atoms with Gasteiger partial charge in [0, 0.05) is 6.20 Å². The van der Waals surface area contributed by atoms with Gasteiger partial charge >= 0.3 is 0 Å². The summed E-state index contributed by atoms with van der Waals surface area (Å²) in [6.45, 7) is 2.08. The van der Waals surface area contributed by atoms with Gasteiger partial charge in [0.25, 0.3) is 0 Å². The number of aliphatic hydroxyl groups is 1. The van der Waals surface area contributed by atoms with E-state index in [2.05, 4.69) is 11.9 Å². The Morgan fingerprint density at radius 1 is 1.57 bits per heavy atom. The lowest BCUT2D eigenvalue weighted by atomic mass is 9.98. The molecule has 3 nitrogen and oxygen atoms in total. The van der Waals surface area contributed by atoms with E-state index in [1.807, 2.05) is 12.1 Å². The summed E-state index contributed by atoms with van der Waals surface area (Å²) < 4.78 is 5.17. The molecule has 14 heavy (non-hydrogen) atoms. The maximum Gasteiger partial charge on any atom is 0.143 e. The summed E-state index contributed by atoms with van der Waals surface area (Å²) in [5.41, 5.74) is 0.678. The van der Waals surface area contributed by atoms with Crippen LogP contribution in [0.25, 0.3) is 0 Å². The fraction of sp³-hybridized carbons (Fsp3) is 0.545. The average Bonchev–Trinajstić information content (AvgIpc) is 2.97. The molecule has 1 saturated carbocycles. The largest absolute Gasteiger partial charge is 0.495 e. The molecule has 1 aromatic heterocycles. The molecule has 3 heteroatoms. The van der Waals surface area contributed by atoms with Gasteiger partial charge < -0.3 is 9.84 Å². The summed E-state index contributed by atoms with van der Waals surface area (Å²) in [4.78, 5) is 4.18. The number of hydrogen-bond donors (Lipinski definition) is 1. The Bertz CT molecular complexity index is 334. The van der Waals surface area contributed by atoms with Crippen LogP contribution in [-0.4, -0.2) is 17.2 Å². The number of ether oxygens (including phenoxy) is 1. The van der Waals surface area contributed by atoms with E-state index in [4.69, 9.17) is 4.74 Å². The van der Waals surface area contributed by atoms with E-state index in [1.54, 1.807) is 13.3 Å². The van der Waals surface area contributed by atoms with Gasteiger partial charge in [0.1, 0.15) is 17.5 Å². The summed E-state index contributed by atoms with van der Waals surface area (Å²) in [6, 6.07) is 3.64. The van der Waals surface area contributed by atoms with Gasteiger partial charge in [-0.15, -0.1) is 0 Å². The van der Waals surface area contributed by atoms with Crippen molar-refractivity contribution in [2.45, 2.75) is 25.9 Å². The SMILES string of the molecule is COc1cccnc1C(O)C1(C)CC1. The van der Waals surface area contributed by atoms with E-state index < -0.39 is 6.10 Å². The van der Waals surface area contributed by atoms with Gasteiger partial charge in [-0.1, -0.05) is 6.92 Å². The van der Waals surface area contributed by atoms with Crippen LogP contribution in [0.5, 0.6) is 5.75 Å². The van der Waals surface area contributed by atoms with E-state index in [0.717, 1.165) is 12.8 Å². The maximum atomic E-state index is 10.1. The second-order valence-corrected chi connectivity index (χ2v) is 4.15. The van der Waals surface area contributed by atoms with Crippen molar-refractivity contribution in [1.82, 2.24) is 4.98 Å². The monoisotopic (exact) mass is 193 g/mol. The summed E-state index contributed by atoms with van der Waals surface area (Å²) in [7, 11) is 1.60. The lowest BCUT2D eigenvalue weighted by molar-refractivity contribution is 0.0962. The summed E-state index contributed by atoms with van der Waals surface area (Å²) in [6.07, 6.45) is 3.31. The minimum Gasteiger partial charge on any atom is -0.495 e. The van der Waals surface area contributed by atoms with Crippen LogP contribution >= 0.6 is 0 Å². The second-order valence-electron chi connectivity index (χ2n) is 4.15. The lowest BCUT2D eigenvalue weighted by Crippen LogP contribution is -2.12. The molecule has 2 rings (SSSR count). The van der Waals surface area contributed by atoms with Gasteiger partial charge in [0.2, 0.25) is 0 Å². The summed E-state index contributed by atoms with van der Waals surface area (Å²) in [5, 5.41) is 10.1. The van der Waals surface area contributed by atoms with Crippen molar-refractivity contribution in [3.05, 3.63) is 24.0 Å². The van der Waals surface area contributed by atoms with Crippen LogP contribution in [0.3, 0.4) is 0 Å². The highest BCUT2D eigenvalue weighted by molar-refractivity contribution is 5.30. The van der Waals surface area contributed by atoms with Gasteiger partial charge in [-0.25, -0.2) is 0 Å². The van der Waals surface area contributed by atoms with Gasteiger partial charge in [-0.3, -0.25) is 4.98 Å². The molecule has 0 spiro atoms. The highest BCUT2D eigenvalue weighted by Crippen LogP contribution is 2.55. The van der Waals surface area contributed by atoms with Crippen molar-refractivity contribution in [2.24, 2.45) is 5.41 Å². The first kappa shape index (κ1) is 9.46. The third-order valence-electron chi connectivity index (χ3n) is 2.98. The van der Waals surface area contributed by atoms with Gasteiger partial charge in [-0.05, 0) is 30.4 Å². The molecule has 0 radical (unpaired) electrons. The zero-order chi connectivity index (χ0) is 10.2. The van der Waals surface area contributed by atoms with Gasteiger partial charge in [0.05, 0.1) is 7.11 Å². The van der Waals surface area contributed by atoms with Crippen LogP contribution < -0.4 is 4.74 Å². The minimum atomic E-state index is -0.501. The van der Waals surface area contributed by atoms with Crippen LogP contribution in [0.2, 0.25) is 0 Å². The van der Waals surface area contributed by atoms with Crippen LogP contribution in [0.15, 0.2) is 18.3 Å². The first-order valence-corrected chi connectivity index (χ1v) is 4.84. The van der Waals surface area contributed by atoms with Gasteiger partial charge in [0.15, 0.2) is 0 Å². The molecule has 1 heterocycles. The molecular formula is C11H15NO2. The standard InChI is InChI=1S/C11H15NO2/c1-11(5-6-11)10(13)9-8(14-2)4-3-7-12-9/h3-4,7,10,13H,5-6H2,1-2H3. The summed E-state index contributed by atoms with van der Waals surface area (Å²) >= 11 is 0. The maximum absolute atomic E-state index is 10.1. The first-order chi connectivity index (χ1) is 6.67. The molecule has 1 fully saturated rings. The summed E-state index contributed by atoms with van der Waals surface area (Å²) in [5.74, 6) is 0.674. The number of nitrogens with zero attached hydrogens (tertiary/aromatic N) is 1. The van der Waals surface area contributed by atoms with E-state index in [9.17, 15) is 5.11 Å². The Kier molecular flexibility index (Phi) is 2.19. The molecule has 1 atom stereocenters. The quantitative estimate of drug-likeness (QED) is 0.797. The average molecular weight is 193 g/mol. The molecule has 1 aliphatic carbocycles. The molecule has 1 aliphatic rings. The Morgan fingerprint density at radius 2 is 2.29 bits per heavy atom. The Labute approximate surface area is 83.7 Å². The fourth-order valence-corrected chi connectivity index (χ4v) is 1.58. The highest BCUT2D eigenvalue weighted by Gasteiger charge is 2.46. The number of rotatable bonds is 3. The number of hydrogen-bond acceptors (Lipinski definition) is 3. The molecule has 1 N–H and O–H groups in total. The number of pyridine rings is 1. The number of methoxy groups -OCH3 is 1. The zero-order valence-corrected chi connectivity index (χ0v) is 8.53. The molecule has 0 amide bonds. The Morgan fingerprint density at radius 3 is 2.86 bits per heavy atom. The van der Waals surface area contributed by atoms with E-state index in [0.29, 0.717) is 11.4 Å². The molecule has 0 aliphatic heterocycles. The fourth-order valence-electron chi connectivity index (χ4n) is 1.58. The van der Waals surface area contributed by atoms with Crippen LogP contribution in [-0.2, 0) is 0 Å². The van der Waals surface area contributed by atoms with Crippen molar-refractivity contribution in [2.75, 3.05) is 7.11 Å². The molecule has 1 unspecified atom stereocenters. The molecular weight excluding hydrogens is 178 g/mol. The predicted octanol–water partition coefficient (Wildman–Crippen LogP) is 1.92. The van der Waals surface area contributed by atoms with Gasteiger partial charge in [-0.2, -0.15) is 0 Å². The van der Waals surface area contributed by atoms with Crippen LogP contribution in [0.1, 0.15) is 31.6 Å². The molecule has 1 aromatic rings. The van der Waals surface area contributed by atoms with Crippen molar-refractivity contribution in [1.29, 1.82) is 0 Å². The molecule has 0 bridgehead atoms. The van der Waals surface area contributed by atoms with Crippen molar-refractivity contribution < 1.29 is 9.84 Å². The topological polar surface area (TPSA) is 42.4 Å². The Balaban J connectivity index is 2.30. The van der Waals surface area contributed by atoms with Crippen molar-refractivity contribution in [3.63, 3.8) is 0 Å². The van der Waals surface area contributed by atoms with Crippen LogP contribution in [0.4, 0.5) is 0 Å². The van der Waals surface area contributed by atoms with Crippen molar-refractivity contribution in [3.8, 4) is 5.75 Å². The van der Waals surface area contributed by atoms with E-state index in [1.165, 1.54) is 0 Å².